The summed E-state index contributed by atoms with van der Waals surface area (Å²) < 4.78 is 33.0. The van der Waals surface area contributed by atoms with Crippen molar-refractivity contribution in [2.45, 2.75) is 18.7 Å². The summed E-state index contributed by atoms with van der Waals surface area (Å²) in [5.74, 6) is 0.587. The summed E-state index contributed by atoms with van der Waals surface area (Å²) >= 11 is 6.15. The summed E-state index contributed by atoms with van der Waals surface area (Å²) in [5.41, 5.74) is 2.04. The Kier molecular flexibility index (Phi) is 4.58. The lowest BCUT2D eigenvalue weighted by Gasteiger charge is -2.14. The third-order valence-corrected chi connectivity index (χ3v) is 5.89. The molecule has 2 aromatic carbocycles. The van der Waals surface area contributed by atoms with E-state index in [1.165, 1.54) is 23.3 Å². The van der Waals surface area contributed by atoms with Crippen molar-refractivity contribution < 1.29 is 13.2 Å². The predicted octanol–water partition coefficient (Wildman–Crippen LogP) is 4.07. The van der Waals surface area contributed by atoms with E-state index in [1.54, 1.807) is 19.9 Å². The van der Waals surface area contributed by atoms with Gasteiger partial charge in [0, 0.05) is 16.8 Å². The molecule has 7 heteroatoms. The maximum atomic E-state index is 13.3. The molecule has 1 heterocycles. The molecule has 0 N–H and O–H groups in total. The molecule has 0 radical (unpaired) electrons. The molecule has 0 aliphatic heterocycles. The number of aromatic nitrogens is 2. The largest absolute Gasteiger partial charge is 0.495 e. The second-order valence-corrected chi connectivity index (χ2v) is 7.82. The molecule has 5 nitrogen and oxygen atoms in total. The van der Waals surface area contributed by atoms with Gasteiger partial charge in [-0.1, -0.05) is 41.9 Å². The van der Waals surface area contributed by atoms with Gasteiger partial charge in [-0.25, -0.2) is 17.4 Å². The average Bonchev–Trinajstić information content (AvgIpc) is 3.00. The van der Waals surface area contributed by atoms with E-state index in [2.05, 4.69) is 4.98 Å². The van der Waals surface area contributed by atoms with Gasteiger partial charge in [0.1, 0.15) is 10.6 Å². The summed E-state index contributed by atoms with van der Waals surface area (Å²) in [7, 11) is -2.50. The monoisotopic (exact) mass is 376 g/mol. The van der Waals surface area contributed by atoms with Gasteiger partial charge in [-0.15, -0.1) is 0 Å². The van der Waals surface area contributed by atoms with Crippen LogP contribution in [0.15, 0.2) is 53.6 Å². The van der Waals surface area contributed by atoms with Crippen molar-refractivity contribution in [1.82, 2.24) is 8.96 Å². The van der Waals surface area contributed by atoms with E-state index in [4.69, 9.17) is 16.3 Å². The number of methoxy groups -OCH3 is 1. The molecule has 0 atom stereocenters. The molecule has 0 unspecified atom stereocenters. The maximum absolute atomic E-state index is 13.3. The number of imidazole rings is 1. The fourth-order valence-electron chi connectivity index (χ4n) is 2.54. The van der Waals surface area contributed by atoms with Gasteiger partial charge < -0.3 is 4.74 Å². The number of aryl methyl sites for hydroxylation is 2. The van der Waals surface area contributed by atoms with E-state index >= 15 is 0 Å². The van der Waals surface area contributed by atoms with Gasteiger partial charge in [0.25, 0.3) is 10.0 Å². The quantitative estimate of drug-likeness (QED) is 0.688. The fraction of sp³-hybridized carbons (Fsp3) is 0.167. The molecule has 130 valence electrons. The van der Waals surface area contributed by atoms with Gasteiger partial charge in [-0.05, 0) is 31.5 Å². The molecular weight excluding hydrogens is 360 g/mol. The lowest BCUT2D eigenvalue weighted by molar-refractivity contribution is 0.402. The number of ether oxygens (including phenoxy) is 1. The fourth-order valence-corrected chi connectivity index (χ4v) is 4.31. The van der Waals surface area contributed by atoms with E-state index in [-0.39, 0.29) is 10.6 Å². The Hall–Kier alpha value is -2.31. The van der Waals surface area contributed by atoms with Crippen molar-refractivity contribution >= 4 is 21.6 Å². The normalized spacial score (nSPS) is 11.5. The highest BCUT2D eigenvalue weighted by Gasteiger charge is 2.26. The Balaban J connectivity index is 2.26. The number of hydrogen-bond donors (Lipinski definition) is 0. The Labute approximate surface area is 151 Å². The maximum Gasteiger partial charge on any atom is 0.273 e. The summed E-state index contributed by atoms with van der Waals surface area (Å²) in [6.45, 7) is 3.54. The van der Waals surface area contributed by atoms with Crippen LogP contribution in [-0.2, 0) is 10.0 Å². The minimum atomic E-state index is -3.93. The number of benzene rings is 2. The molecule has 0 aliphatic rings. The molecule has 0 amide bonds. The highest BCUT2D eigenvalue weighted by atomic mass is 35.5. The van der Waals surface area contributed by atoms with Crippen molar-refractivity contribution in [3.8, 4) is 17.1 Å². The summed E-state index contributed by atoms with van der Waals surface area (Å²) in [6.07, 6.45) is 1.49. The summed E-state index contributed by atoms with van der Waals surface area (Å²) in [4.78, 5) is 4.38. The number of nitrogens with zero attached hydrogens (tertiary/aromatic N) is 2. The number of hydrogen-bond acceptors (Lipinski definition) is 4. The van der Waals surface area contributed by atoms with E-state index in [9.17, 15) is 8.42 Å². The van der Waals surface area contributed by atoms with Crippen LogP contribution in [0.3, 0.4) is 0 Å². The van der Waals surface area contributed by atoms with Crippen LogP contribution in [0.4, 0.5) is 0 Å². The average molecular weight is 377 g/mol. The Morgan fingerprint density at radius 2 is 1.80 bits per heavy atom. The number of rotatable bonds is 4. The molecule has 0 spiro atoms. The second-order valence-electron chi connectivity index (χ2n) is 5.63. The Morgan fingerprint density at radius 1 is 1.12 bits per heavy atom. The van der Waals surface area contributed by atoms with Gasteiger partial charge >= 0.3 is 0 Å². The molecule has 3 aromatic rings. The van der Waals surface area contributed by atoms with Crippen LogP contribution in [-0.4, -0.2) is 24.5 Å². The first-order chi connectivity index (χ1) is 11.8. The van der Waals surface area contributed by atoms with E-state index in [0.29, 0.717) is 22.1 Å². The minimum Gasteiger partial charge on any atom is -0.495 e. The molecule has 0 bridgehead atoms. The van der Waals surface area contributed by atoms with Gasteiger partial charge in [0.15, 0.2) is 5.82 Å². The third-order valence-electron chi connectivity index (χ3n) is 3.81. The Morgan fingerprint density at radius 3 is 2.44 bits per heavy atom. The van der Waals surface area contributed by atoms with Gasteiger partial charge in [-0.2, -0.15) is 0 Å². The van der Waals surface area contributed by atoms with Crippen LogP contribution < -0.4 is 4.74 Å². The van der Waals surface area contributed by atoms with Crippen LogP contribution in [0.2, 0.25) is 5.02 Å². The molecule has 0 saturated carbocycles. The minimum absolute atomic E-state index is 0.000168. The molecule has 3 rings (SSSR count). The first-order valence-electron chi connectivity index (χ1n) is 7.55. The second kappa shape index (κ2) is 6.54. The van der Waals surface area contributed by atoms with Gasteiger partial charge in [-0.3, -0.25) is 0 Å². The SMILES string of the molecule is COc1cc(C)c(Cl)cc1S(=O)(=O)n1cc(C)nc1-c1ccccc1. The zero-order valence-corrected chi connectivity index (χ0v) is 15.6. The first kappa shape index (κ1) is 17.5. The molecule has 25 heavy (non-hydrogen) atoms. The van der Waals surface area contributed by atoms with Crippen LogP contribution in [0, 0.1) is 13.8 Å². The van der Waals surface area contributed by atoms with Crippen LogP contribution in [0.25, 0.3) is 11.4 Å². The van der Waals surface area contributed by atoms with Crippen molar-refractivity contribution in [3.63, 3.8) is 0 Å². The van der Waals surface area contributed by atoms with Crippen LogP contribution in [0.5, 0.6) is 5.75 Å². The summed E-state index contributed by atoms with van der Waals surface area (Å²) in [5, 5.41) is 0.359. The van der Waals surface area contributed by atoms with E-state index in [0.717, 1.165) is 5.56 Å². The smallest absolute Gasteiger partial charge is 0.273 e. The zero-order valence-electron chi connectivity index (χ0n) is 14.0. The Bertz CT molecular complexity index is 1030. The lowest BCUT2D eigenvalue weighted by Crippen LogP contribution is -2.15. The van der Waals surface area contributed by atoms with E-state index in [1.807, 2.05) is 30.3 Å². The van der Waals surface area contributed by atoms with Crippen molar-refractivity contribution in [2.24, 2.45) is 0 Å². The van der Waals surface area contributed by atoms with Crippen molar-refractivity contribution in [3.05, 3.63) is 64.9 Å². The van der Waals surface area contributed by atoms with E-state index < -0.39 is 10.0 Å². The number of halogens is 1. The zero-order chi connectivity index (χ0) is 18.2. The molecule has 0 saturated heterocycles. The highest BCUT2D eigenvalue weighted by molar-refractivity contribution is 7.90. The van der Waals surface area contributed by atoms with Gasteiger partial charge in [0.2, 0.25) is 0 Å². The molecule has 1 aromatic heterocycles. The molecule has 0 fully saturated rings. The molecule has 0 aliphatic carbocycles. The molecular formula is C18H17ClN2O3S. The standard InChI is InChI=1S/C18H17ClN2O3S/c1-12-9-16(24-3)17(10-15(12)19)25(22,23)21-11-13(2)20-18(21)14-7-5-4-6-8-14/h4-11H,1-3H3. The summed E-state index contributed by atoms with van der Waals surface area (Å²) in [6, 6.07) is 12.2. The third kappa shape index (κ3) is 3.15. The van der Waals surface area contributed by atoms with Gasteiger partial charge in [0.05, 0.1) is 12.8 Å². The topological polar surface area (TPSA) is 61.2 Å². The van der Waals surface area contributed by atoms with Crippen LogP contribution >= 0.6 is 11.6 Å². The lowest BCUT2D eigenvalue weighted by atomic mass is 10.2. The van der Waals surface area contributed by atoms with Crippen LogP contribution in [0.1, 0.15) is 11.3 Å². The highest BCUT2D eigenvalue weighted by Crippen LogP contribution is 2.33. The first-order valence-corrected chi connectivity index (χ1v) is 9.37. The van der Waals surface area contributed by atoms with Crippen molar-refractivity contribution in [2.75, 3.05) is 7.11 Å². The predicted molar refractivity (Wildman–Crippen MR) is 97.7 cm³/mol. The van der Waals surface area contributed by atoms with Crippen molar-refractivity contribution in [1.29, 1.82) is 0 Å².